The summed E-state index contributed by atoms with van der Waals surface area (Å²) in [5.74, 6) is 0.246. The van der Waals surface area contributed by atoms with E-state index in [1.165, 1.54) is 11.1 Å². The molecule has 1 saturated heterocycles. The van der Waals surface area contributed by atoms with Crippen molar-refractivity contribution in [1.29, 1.82) is 0 Å². The lowest BCUT2D eigenvalue weighted by atomic mass is 10.0. The molecule has 0 radical (unpaired) electrons. The maximum absolute atomic E-state index is 12.3. The van der Waals surface area contributed by atoms with Crippen LogP contribution in [0.4, 0.5) is 0 Å². The van der Waals surface area contributed by atoms with Crippen LogP contribution in [0.25, 0.3) is 0 Å². The van der Waals surface area contributed by atoms with Gasteiger partial charge in [-0.2, -0.15) is 0 Å². The Morgan fingerprint density at radius 2 is 2.14 bits per heavy atom. The fourth-order valence-electron chi connectivity index (χ4n) is 2.86. The Morgan fingerprint density at radius 1 is 1.36 bits per heavy atom. The van der Waals surface area contributed by atoms with Crippen LogP contribution in [-0.2, 0) is 16.0 Å². The van der Waals surface area contributed by atoms with Gasteiger partial charge in [-0.05, 0) is 38.2 Å². The van der Waals surface area contributed by atoms with E-state index in [4.69, 9.17) is 9.84 Å². The lowest BCUT2D eigenvalue weighted by Gasteiger charge is -2.32. The van der Waals surface area contributed by atoms with Crippen LogP contribution in [-0.4, -0.2) is 48.3 Å². The van der Waals surface area contributed by atoms with E-state index >= 15 is 0 Å². The number of likely N-dealkylation sites (tertiary alicyclic amines) is 1. The summed E-state index contributed by atoms with van der Waals surface area (Å²) in [5.41, 5.74) is 2.47. The number of rotatable bonds is 7. The number of carbonyl (C=O) groups excluding carboxylic acids is 1. The molecule has 0 aliphatic carbocycles. The molecule has 1 amide bonds. The average molecular weight is 305 g/mol. The highest BCUT2D eigenvalue weighted by Gasteiger charge is 2.22. The normalized spacial score (nSPS) is 16.0. The Labute approximate surface area is 133 Å². The molecule has 1 aromatic carbocycles. The standard InChI is InChI=1S/C18H27NO3/c1-15-4-2-5-16(14-15)6-7-18(21)19-10-8-17(9-11-19)22-13-3-12-20/h2,4-5,14,17,20H,3,6-13H2,1H3. The van der Waals surface area contributed by atoms with Crippen molar-refractivity contribution >= 4 is 5.91 Å². The molecular weight excluding hydrogens is 278 g/mol. The van der Waals surface area contributed by atoms with Crippen LogP contribution in [0, 0.1) is 6.92 Å². The molecule has 0 saturated carbocycles. The molecule has 1 aliphatic rings. The van der Waals surface area contributed by atoms with Gasteiger partial charge in [-0.1, -0.05) is 29.8 Å². The summed E-state index contributed by atoms with van der Waals surface area (Å²) in [7, 11) is 0. The largest absolute Gasteiger partial charge is 0.396 e. The van der Waals surface area contributed by atoms with Gasteiger partial charge >= 0.3 is 0 Å². The highest BCUT2D eigenvalue weighted by atomic mass is 16.5. The van der Waals surface area contributed by atoms with Crippen molar-refractivity contribution in [3.63, 3.8) is 0 Å². The first-order valence-corrected chi connectivity index (χ1v) is 8.25. The van der Waals surface area contributed by atoms with Crippen LogP contribution < -0.4 is 0 Å². The summed E-state index contributed by atoms with van der Waals surface area (Å²) in [6.07, 6.45) is 4.14. The molecular formula is C18H27NO3. The van der Waals surface area contributed by atoms with Gasteiger partial charge in [0.05, 0.1) is 6.10 Å². The molecule has 0 aromatic heterocycles. The second kappa shape index (κ2) is 8.91. The van der Waals surface area contributed by atoms with E-state index in [0.717, 1.165) is 32.4 Å². The average Bonchev–Trinajstić information content (AvgIpc) is 2.54. The van der Waals surface area contributed by atoms with Crippen molar-refractivity contribution in [2.45, 2.75) is 45.1 Å². The topological polar surface area (TPSA) is 49.8 Å². The predicted octanol–water partition coefficient (Wildman–Crippen LogP) is 2.32. The van der Waals surface area contributed by atoms with Gasteiger partial charge in [0.25, 0.3) is 0 Å². The van der Waals surface area contributed by atoms with E-state index in [-0.39, 0.29) is 18.6 Å². The Morgan fingerprint density at radius 3 is 2.82 bits per heavy atom. The van der Waals surface area contributed by atoms with E-state index < -0.39 is 0 Å². The smallest absolute Gasteiger partial charge is 0.222 e. The van der Waals surface area contributed by atoms with Crippen LogP contribution in [0.5, 0.6) is 0 Å². The molecule has 0 spiro atoms. The highest BCUT2D eigenvalue weighted by molar-refractivity contribution is 5.76. The molecule has 4 nitrogen and oxygen atoms in total. The minimum Gasteiger partial charge on any atom is -0.396 e. The zero-order chi connectivity index (χ0) is 15.8. The van der Waals surface area contributed by atoms with Gasteiger partial charge in [-0.25, -0.2) is 0 Å². The molecule has 1 aromatic rings. The van der Waals surface area contributed by atoms with Gasteiger partial charge in [-0.3, -0.25) is 4.79 Å². The maximum Gasteiger partial charge on any atom is 0.222 e. The summed E-state index contributed by atoms with van der Waals surface area (Å²) in [6, 6.07) is 8.35. The fourth-order valence-corrected chi connectivity index (χ4v) is 2.86. The van der Waals surface area contributed by atoms with E-state index in [9.17, 15) is 4.79 Å². The van der Waals surface area contributed by atoms with Crippen LogP contribution >= 0.6 is 0 Å². The minimum atomic E-state index is 0.177. The second-order valence-electron chi connectivity index (χ2n) is 6.02. The van der Waals surface area contributed by atoms with Crippen molar-refractivity contribution in [3.05, 3.63) is 35.4 Å². The van der Waals surface area contributed by atoms with Gasteiger partial charge in [0.1, 0.15) is 0 Å². The Hall–Kier alpha value is -1.39. The number of aliphatic hydroxyl groups excluding tert-OH is 1. The Balaban J connectivity index is 1.69. The third kappa shape index (κ3) is 5.43. The number of amides is 1. The molecule has 0 bridgehead atoms. The summed E-state index contributed by atoms with van der Waals surface area (Å²) < 4.78 is 5.70. The molecule has 122 valence electrons. The summed E-state index contributed by atoms with van der Waals surface area (Å²) in [4.78, 5) is 14.2. The molecule has 1 fully saturated rings. The van der Waals surface area contributed by atoms with Gasteiger partial charge in [0.2, 0.25) is 5.91 Å². The molecule has 0 atom stereocenters. The van der Waals surface area contributed by atoms with Crippen molar-refractivity contribution in [1.82, 2.24) is 4.90 Å². The molecule has 1 heterocycles. The maximum atomic E-state index is 12.3. The molecule has 1 aliphatic heterocycles. The number of hydrogen-bond acceptors (Lipinski definition) is 3. The first-order valence-electron chi connectivity index (χ1n) is 8.25. The Kier molecular flexibility index (Phi) is 6.87. The zero-order valence-corrected chi connectivity index (χ0v) is 13.5. The number of carbonyl (C=O) groups is 1. The summed E-state index contributed by atoms with van der Waals surface area (Å²) in [6.45, 7) is 4.44. The minimum absolute atomic E-state index is 0.177. The number of aliphatic hydroxyl groups is 1. The van der Waals surface area contributed by atoms with Gasteiger partial charge in [0, 0.05) is 32.7 Å². The van der Waals surface area contributed by atoms with E-state index in [1.807, 2.05) is 11.0 Å². The lowest BCUT2D eigenvalue weighted by Crippen LogP contribution is -2.41. The van der Waals surface area contributed by atoms with Crippen molar-refractivity contribution in [2.24, 2.45) is 0 Å². The van der Waals surface area contributed by atoms with E-state index in [0.29, 0.717) is 19.4 Å². The van der Waals surface area contributed by atoms with Gasteiger partial charge < -0.3 is 14.7 Å². The van der Waals surface area contributed by atoms with Crippen LogP contribution in [0.3, 0.4) is 0 Å². The van der Waals surface area contributed by atoms with E-state index in [2.05, 4.69) is 25.1 Å². The number of hydrogen-bond donors (Lipinski definition) is 1. The molecule has 0 unspecified atom stereocenters. The fraction of sp³-hybridized carbons (Fsp3) is 0.611. The molecule has 22 heavy (non-hydrogen) atoms. The summed E-state index contributed by atoms with van der Waals surface area (Å²) >= 11 is 0. The number of nitrogens with zero attached hydrogens (tertiary/aromatic N) is 1. The third-order valence-corrected chi connectivity index (χ3v) is 4.16. The SMILES string of the molecule is Cc1cccc(CCC(=O)N2CCC(OCCCO)CC2)c1. The van der Waals surface area contributed by atoms with Crippen molar-refractivity contribution in [3.8, 4) is 0 Å². The highest BCUT2D eigenvalue weighted by Crippen LogP contribution is 2.16. The quantitative estimate of drug-likeness (QED) is 0.787. The first kappa shape index (κ1) is 17.0. The number of ether oxygens (including phenoxy) is 1. The van der Waals surface area contributed by atoms with Crippen molar-refractivity contribution in [2.75, 3.05) is 26.3 Å². The molecule has 1 N–H and O–H groups in total. The molecule has 2 rings (SSSR count). The zero-order valence-electron chi connectivity index (χ0n) is 13.5. The van der Waals surface area contributed by atoms with Gasteiger partial charge in [0.15, 0.2) is 0 Å². The third-order valence-electron chi connectivity index (χ3n) is 4.16. The van der Waals surface area contributed by atoms with E-state index in [1.54, 1.807) is 0 Å². The van der Waals surface area contributed by atoms with Crippen LogP contribution in [0.15, 0.2) is 24.3 Å². The number of piperidine rings is 1. The molecule has 4 heteroatoms. The number of aryl methyl sites for hydroxylation is 2. The Bertz CT molecular complexity index is 467. The van der Waals surface area contributed by atoms with Crippen LogP contribution in [0.2, 0.25) is 0 Å². The summed E-state index contributed by atoms with van der Waals surface area (Å²) in [5, 5.41) is 8.75. The van der Waals surface area contributed by atoms with Crippen molar-refractivity contribution < 1.29 is 14.6 Å². The predicted molar refractivity (Wildman–Crippen MR) is 86.8 cm³/mol. The van der Waals surface area contributed by atoms with Crippen LogP contribution in [0.1, 0.15) is 36.8 Å². The lowest BCUT2D eigenvalue weighted by molar-refractivity contribution is -0.133. The van der Waals surface area contributed by atoms with Gasteiger partial charge in [-0.15, -0.1) is 0 Å². The first-order chi connectivity index (χ1) is 10.7. The monoisotopic (exact) mass is 305 g/mol. The second-order valence-corrected chi connectivity index (χ2v) is 6.02. The number of benzene rings is 1.